The number of nitrogens with zero attached hydrogens (tertiary/aromatic N) is 1. The zero-order valence-electron chi connectivity index (χ0n) is 12.2. The molecule has 1 rings (SSSR count). The van der Waals surface area contributed by atoms with E-state index in [0.717, 1.165) is 29.2 Å². The van der Waals surface area contributed by atoms with E-state index in [0.29, 0.717) is 6.54 Å². The van der Waals surface area contributed by atoms with Gasteiger partial charge in [0, 0.05) is 24.7 Å². The maximum Gasteiger partial charge on any atom is 0.239 e. The zero-order valence-corrected chi connectivity index (χ0v) is 12.9. The Labute approximate surface area is 120 Å². The highest BCUT2D eigenvalue weighted by Gasteiger charge is 2.17. The number of carbonyl (C=O) groups is 1. The van der Waals surface area contributed by atoms with Gasteiger partial charge in [0.25, 0.3) is 0 Å². The van der Waals surface area contributed by atoms with Crippen LogP contribution in [0.1, 0.15) is 31.9 Å². The number of aryl methyl sites for hydroxylation is 1. The van der Waals surface area contributed by atoms with E-state index >= 15 is 0 Å². The lowest BCUT2D eigenvalue weighted by atomic mass is 10.1. The van der Waals surface area contributed by atoms with Crippen LogP contribution in [0.25, 0.3) is 0 Å². The molecule has 106 valence electrons. The third-order valence-electron chi connectivity index (χ3n) is 3.29. The Morgan fingerprint density at radius 3 is 2.53 bits per heavy atom. The van der Waals surface area contributed by atoms with Gasteiger partial charge in [-0.2, -0.15) is 0 Å². The molecule has 19 heavy (non-hydrogen) atoms. The summed E-state index contributed by atoms with van der Waals surface area (Å²) >= 11 is 6.08. The van der Waals surface area contributed by atoms with E-state index in [9.17, 15) is 4.79 Å². The average Bonchev–Trinajstić information content (AvgIpc) is 2.41. The van der Waals surface area contributed by atoms with Crippen LogP contribution in [0.5, 0.6) is 0 Å². The molecule has 0 saturated carbocycles. The summed E-state index contributed by atoms with van der Waals surface area (Å²) in [5, 5.41) is 4.01. The van der Waals surface area contributed by atoms with E-state index in [2.05, 4.69) is 5.32 Å². The Kier molecular flexibility index (Phi) is 6.32. The van der Waals surface area contributed by atoms with Gasteiger partial charge in [-0.25, -0.2) is 0 Å². The van der Waals surface area contributed by atoms with E-state index < -0.39 is 0 Å². The molecule has 1 unspecified atom stereocenters. The first kappa shape index (κ1) is 16.0. The third kappa shape index (κ3) is 4.51. The van der Waals surface area contributed by atoms with Gasteiger partial charge in [-0.15, -0.1) is 0 Å². The molecule has 0 spiro atoms. The van der Waals surface area contributed by atoms with E-state index in [1.165, 1.54) is 0 Å². The Bertz CT molecular complexity index is 430. The van der Waals surface area contributed by atoms with Crippen LogP contribution in [0.15, 0.2) is 18.2 Å². The molecule has 4 heteroatoms. The van der Waals surface area contributed by atoms with Crippen molar-refractivity contribution >= 4 is 17.5 Å². The molecule has 0 bridgehead atoms. The van der Waals surface area contributed by atoms with E-state index in [4.69, 9.17) is 11.6 Å². The maximum absolute atomic E-state index is 12.1. The predicted molar refractivity (Wildman–Crippen MR) is 80.4 cm³/mol. The van der Waals surface area contributed by atoms with Crippen LogP contribution in [-0.4, -0.2) is 29.9 Å². The summed E-state index contributed by atoms with van der Waals surface area (Å²) in [6, 6.07) is 5.79. The first-order valence-electron chi connectivity index (χ1n) is 6.76. The van der Waals surface area contributed by atoms with Crippen LogP contribution in [0.2, 0.25) is 5.02 Å². The minimum Gasteiger partial charge on any atom is -0.342 e. The molecule has 0 aliphatic rings. The van der Waals surface area contributed by atoms with Gasteiger partial charge in [0.05, 0.1) is 6.04 Å². The molecule has 3 nitrogen and oxygen atoms in total. The van der Waals surface area contributed by atoms with Crippen molar-refractivity contribution in [2.45, 2.75) is 40.3 Å². The monoisotopic (exact) mass is 282 g/mol. The Hall–Kier alpha value is -1.06. The van der Waals surface area contributed by atoms with Gasteiger partial charge in [0.2, 0.25) is 5.91 Å². The number of halogens is 1. The summed E-state index contributed by atoms with van der Waals surface area (Å²) in [4.78, 5) is 13.9. The van der Waals surface area contributed by atoms with Crippen molar-refractivity contribution in [3.8, 4) is 0 Å². The van der Waals surface area contributed by atoms with Crippen LogP contribution >= 0.6 is 11.6 Å². The fraction of sp³-hybridized carbons (Fsp3) is 0.533. The molecule has 0 saturated heterocycles. The second kappa shape index (κ2) is 7.51. The highest BCUT2D eigenvalue weighted by molar-refractivity contribution is 6.31. The SMILES string of the molecule is CCN(CC)C(=O)C(C)NCc1ccc(C)c(Cl)c1. The van der Waals surface area contributed by atoms with Crippen LogP contribution in [0.3, 0.4) is 0 Å². The molecule has 0 radical (unpaired) electrons. The molecule has 1 N–H and O–H groups in total. The number of likely N-dealkylation sites (N-methyl/N-ethyl adjacent to an activating group) is 1. The number of benzene rings is 1. The fourth-order valence-electron chi connectivity index (χ4n) is 1.91. The van der Waals surface area contributed by atoms with Crippen molar-refractivity contribution in [2.75, 3.05) is 13.1 Å². The molecule has 0 aliphatic carbocycles. The second-order valence-electron chi connectivity index (χ2n) is 4.70. The van der Waals surface area contributed by atoms with E-state index in [1.807, 2.05) is 50.8 Å². The van der Waals surface area contributed by atoms with Crippen molar-refractivity contribution in [1.82, 2.24) is 10.2 Å². The molecule has 0 aliphatic heterocycles. The van der Waals surface area contributed by atoms with Gasteiger partial charge in [-0.05, 0) is 44.9 Å². The Balaban J connectivity index is 2.56. The van der Waals surface area contributed by atoms with Crippen molar-refractivity contribution < 1.29 is 4.79 Å². The van der Waals surface area contributed by atoms with Gasteiger partial charge in [-0.1, -0.05) is 23.7 Å². The fourth-order valence-corrected chi connectivity index (χ4v) is 2.12. The van der Waals surface area contributed by atoms with Crippen LogP contribution in [0, 0.1) is 6.92 Å². The van der Waals surface area contributed by atoms with Crippen LogP contribution in [-0.2, 0) is 11.3 Å². The van der Waals surface area contributed by atoms with Crippen molar-refractivity contribution in [1.29, 1.82) is 0 Å². The van der Waals surface area contributed by atoms with E-state index in [-0.39, 0.29) is 11.9 Å². The first-order valence-corrected chi connectivity index (χ1v) is 7.14. The number of rotatable bonds is 6. The highest BCUT2D eigenvalue weighted by Crippen LogP contribution is 2.16. The molecule has 1 aromatic rings. The minimum atomic E-state index is -0.181. The number of hydrogen-bond donors (Lipinski definition) is 1. The van der Waals surface area contributed by atoms with Crippen molar-refractivity contribution in [3.63, 3.8) is 0 Å². The normalized spacial score (nSPS) is 12.3. The largest absolute Gasteiger partial charge is 0.342 e. The summed E-state index contributed by atoms with van der Waals surface area (Å²) in [5.74, 6) is 0.142. The molecular weight excluding hydrogens is 260 g/mol. The number of nitrogens with one attached hydrogen (secondary N) is 1. The summed E-state index contributed by atoms with van der Waals surface area (Å²) in [5.41, 5.74) is 2.16. The summed E-state index contributed by atoms with van der Waals surface area (Å²) < 4.78 is 0. The lowest BCUT2D eigenvalue weighted by Gasteiger charge is -2.23. The van der Waals surface area contributed by atoms with Crippen molar-refractivity contribution in [2.24, 2.45) is 0 Å². The molecule has 0 aromatic heterocycles. The molecule has 1 amide bonds. The number of hydrogen-bond acceptors (Lipinski definition) is 2. The van der Waals surface area contributed by atoms with Crippen molar-refractivity contribution in [3.05, 3.63) is 34.3 Å². The standard InChI is InChI=1S/C15H23ClN2O/c1-5-18(6-2)15(19)12(4)17-10-13-8-7-11(3)14(16)9-13/h7-9,12,17H,5-6,10H2,1-4H3. The smallest absolute Gasteiger partial charge is 0.239 e. The first-order chi connectivity index (χ1) is 8.99. The Morgan fingerprint density at radius 2 is 2.00 bits per heavy atom. The second-order valence-corrected chi connectivity index (χ2v) is 5.10. The molecule has 1 atom stereocenters. The number of amides is 1. The van der Waals surface area contributed by atoms with Gasteiger partial charge in [0.15, 0.2) is 0 Å². The average molecular weight is 283 g/mol. The summed E-state index contributed by atoms with van der Waals surface area (Å²) in [6.07, 6.45) is 0. The van der Waals surface area contributed by atoms with Gasteiger partial charge >= 0.3 is 0 Å². The predicted octanol–water partition coefficient (Wildman–Crippen LogP) is 2.99. The van der Waals surface area contributed by atoms with Crippen LogP contribution < -0.4 is 5.32 Å². The summed E-state index contributed by atoms with van der Waals surface area (Å²) in [6.45, 7) is 10.0. The van der Waals surface area contributed by atoms with Gasteiger partial charge in [-0.3, -0.25) is 4.79 Å². The molecule has 0 fully saturated rings. The third-order valence-corrected chi connectivity index (χ3v) is 3.70. The number of carbonyl (C=O) groups excluding carboxylic acids is 1. The minimum absolute atomic E-state index is 0.142. The molecular formula is C15H23ClN2O. The van der Waals surface area contributed by atoms with E-state index in [1.54, 1.807) is 0 Å². The van der Waals surface area contributed by atoms with Crippen LogP contribution in [0.4, 0.5) is 0 Å². The lowest BCUT2D eigenvalue weighted by molar-refractivity contribution is -0.132. The quantitative estimate of drug-likeness (QED) is 0.870. The Morgan fingerprint density at radius 1 is 1.37 bits per heavy atom. The van der Waals surface area contributed by atoms with Gasteiger partial charge < -0.3 is 10.2 Å². The topological polar surface area (TPSA) is 32.3 Å². The summed E-state index contributed by atoms with van der Waals surface area (Å²) in [7, 11) is 0. The maximum atomic E-state index is 12.1. The lowest BCUT2D eigenvalue weighted by Crippen LogP contribution is -2.44. The van der Waals surface area contributed by atoms with Gasteiger partial charge in [0.1, 0.15) is 0 Å². The molecule has 1 aromatic carbocycles. The molecule has 0 heterocycles. The zero-order chi connectivity index (χ0) is 14.4. The highest BCUT2D eigenvalue weighted by atomic mass is 35.5.